The molecule has 18 heavy (non-hydrogen) atoms. The minimum atomic E-state index is -1.24. The molecule has 0 aliphatic heterocycles. The van der Waals surface area contributed by atoms with Crippen LogP contribution in [-0.2, 0) is 0 Å². The molecule has 0 bridgehead atoms. The first-order chi connectivity index (χ1) is 8.49. The number of nitrogens with zero attached hydrogens (tertiary/aromatic N) is 2. The van der Waals surface area contributed by atoms with Crippen LogP contribution in [0.25, 0.3) is 11.3 Å². The molecule has 0 saturated carbocycles. The molecule has 1 aromatic carbocycles. The van der Waals surface area contributed by atoms with E-state index >= 15 is 0 Å². The highest BCUT2D eigenvalue weighted by molar-refractivity contribution is 6.32. The Kier molecular flexibility index (Phi) is 3.25. The number of benzene rings is 1. The van der Waals surface area contributed by atoms with Crippen molar-refractivity contribution in [2.75, 3.05) is 0 Å². The van der Waals surface area contributed by atoms with Gasteiger partial charge in [-0.1, -0.05) is 11.6 Å². The lowest BCUT2D eigenvalue weighted by atomic mass is 10.1. The number of aromatic nitrogens is 2. The summed E-state index contributed by atoms with van der Waals surface area (Å²) in [5.41, 5.74) is 1.25. The van der Waals surface area contributed by atoms with Crippen LogP contribution in [0.3, 0.4) is 0 Å². The van der Waals surface area contributed by atoms with Gasteiger partial charge in [-0.3, -0.25) is 0 Å². The molecule has 0 aliphatic carbocycles. The lowest BCUT2D eigenvalue weighted by Gasteiger charge is -2.05. The third-order valence-corrected chi connectivity index (χ3v) is 2.64. The average molecular weight is 267 g/mol. The van der Waals surface area contributed by atoms with Gasteiger partial charge in [-0.15, -0.1) is 0 Å². The minimum absolute atomic E-state index is 0.214. The van der Waals surface area contributed by atoms with E-state index < -0.39 is 5.97 Å². The summed E-state index contributed by atoms with van der Waals surface area (Å²) in [4.78, 5) is 18.2. The smallest absolute Gasteiger partial charge is 0.373 e. The second-order valence-electron chi connectivity index (χ2n) is 3.66. The van der Waals surface area contributed by atoms with E-state index in [4.69, 9.17) is 16.7 Å². The molecular formula is C12H8ClFN2O2. The van der Waals surface area contributed by atoms with Gasteiger partial charge < -0.3 is 5.11 Å². The van der Waals surface area contributed by atoms with Crippen molar-refractivity contribution in [3.63, 3.8) is 0 Å². The Morgan fingerprint density at radius 3 is 2.78 bits per heavy atom. The number of carboxylic acids is 1. The number of aromatic carboxylic acids is 1. The van der Waals surface area contributed by atoms with Crippen LogP contribution >= 0.6 is 11.6 Å². The first kappa shape index (κ1) is 12.4. The van der Waals surface area contributed by atoms with Gasteiger partial charge in [0.1, 0.15) is 5.82 Å². The van der Waals surface area contributed by atoms with Crippen molar-refractivity contribution >= 4 is 17.6 Å². The van der Waals surface area contributed by atoms with Crippen LogP contribution in [0.15, 0.2) is 24.4 Å². The zero-order valence-corrected chi connectivity index (χ0v) is 10.1. The number of hydrogen-bond acceptors (Lipinski definition) is 3. The van der Waals surface area contributed by atoms with Crippen LogP contribution < -0.4 is 0 Å². The molecule has 6 heteroatoms. The number of hydrogen-bond donors (Lipinski definition) is 1. The lowest BCUT2D eigenvalue weighted by molar-refractivity contribution is 0.0683. The molecule has 0 saturated heterocycles. The second kappa shape index (κ2) is 4.70. The summed E-state index contributed by atoms with van der Waals surface area (Å²) in [6, 6.07) is 4.32. The fourth-order valence-corrected chi connectivity index (χ4v) is 1.66. The SMILES string of the molecule is Cc1cc(-c2nc(C(=O)O)ncc2Cl)ccc1F. The summed E-state index contributed by atoms with van der Waals surface area (Å²) >= 11 is 5.92. The summed E-state index contributed by atoms with van der Waals surface area (Å²) in [5, 5.41) is 9.03. The van der Waals surface area contributed by atoms with E-state index in [0.29, 0.717) is 11.1 Å². The quantitative estimate of drug-likeness (QED) is 0.908. The van der Waals surface area contributed by atoms with Crippen molar-refractivity contribution in [2.45, 2.75) is 6.92 Å². The summed E-state index contributed by atoms with van der Waals surface area (Å²) in [5.74, 6) is -1.94. The summed E-state index contributed by atoms with van der Waals surface area (Å²) in [6.45, 7) is 1.60. The molecule has 4 nitrogen and oxygen atoms in total. The highest BCUT2D eigenvalue weighted by Crippen LogP contribution is 2.26. The van der Waals surface area contributed by atoms with Gasteiger partial charge >= 0.3 is 5.97 Å². The molecule has 0 aliphatic rings. The van der Waals surface area contributed by atoms with Crippen LogP contribution in [0.5, 0.6) is 0 Å². The Morgan fingerprint density at radius 2 is 2.17 bits per heavy atom. The van der Waals surface area contributed by atoms with Gasteiger partial charge in [-0.05, 0) is 30.7 Å². The van der Waals surface area contributed by atoms with E-state index in [0.717, 1.165) is 0 Å². The van der Waals surface area contributed by atoms with E-state index in [1.165, 1.54) is 18.3 Å². The van der Waals surface area contributed by atoms with Crippen molar-refractivity contribution in [3.8, 4) is 11.3 Å². The second-order valence-corrected chi connectivity index (χ2v) is 4.07. The zero-order valence-electron chi connectivity index (χ0n) is 9.32. The van der Waals surface area contributed by atoms with E-state index in [-0.39, 0.29) is 22.4 Å². The summed E-state index contributed by atoms with van der Waals surface area (Å²) in [7, 11) is 0. The van der Waals surface area contributed by atoms with Crippen LogP contribution in [0, 0.1) is 12.7 Å². The molecule has 92 valence electrons. The number of halogens is 2. The van der Waals surface area contributed by atoms with Crippen LogP contribution in [0.2, 0.25) is 5.02 Å². The van der Waals surface area contributed by atoms with E-state index in [1.807, 2.05) is 0 Å². The average Bonchev–Trinajstić information content (AvgIpc) is 2.33. The molecular weight excluding hydrogens is 259 g/mol. The monoisotopic (exact) mass is 266 g/mol. The Hall–Kier alpha value is -2.01. The van der Waals surface area contributed by atoms with Crippen molar-refractivity contribution < 1.29 is 14.3 Å². The number of carboxylic acid groups (broad SMARTS) is 1. The molecule has 0 unspecified atom stereocenters. The molecule has 0 radical (unpaired) electrons. The molecule has 0 atom stereocenters. The summed E-state index contributed by atoms with van der Waals surface area (Å²) < 4.78 is 13.2. The minimum Gasteiger partial charge on any atom is -0.475 e. The van der Waals surface area contributed by atoms with Gasteiger partial charge in [0.05, 0.1) is 16.9 Å². The van der Waals surface area contributed by atoms with Gasteiger partial charge in [-0.25, -0.2) is 19.2 Å². The van der Waals surface area contributed by atoms with Gasteiger partial charge in [0.2, 0.25) is 5.82 Å². The standard InChI is InChI=1S/C12H8ClFN2O2/c1-6-4-7(2-3-9(6)14)10-8(13)5-15-11(16-10)12(17)18/h2-5H,1H3,(H,17,18). The molecule has 1 heterocycles. The molecule has 1 aromatic heterocycles. The third-order valence-electron chi connectivity index (χ3n) is 2.37. The number of rotatable bonds is 2. The highest BCUT2D eigenvalue weighted by atomic mass is 35.5. The molecule has 1 N–H and O–H groups in total. The topological polar surface area (TPSA) is 63.1 Å². The van der Waals surface area contributed by atoms with Crippen molar-refractivity contribution in [3.05, 3.63) is 46.6 Å². The first-order valence-corrected chi connectivity index (χ1v) is 5.39. The Labute approximate surface area is 107 Å². The molecule has 2 rings (SSSR count). The van der Waals surface area contributed by atoms with Crippen molar-refractivity contribution in [1.29, 1.82) is 0 Å². The van der Waals surface area contributed by atoms with Gasteiger partial charge in [0.15, 0.2) is 0 Å². The predicted molar refractivity (Wildman–Crippen MR) is 64.1 cm³/mol. The zero-order chi connectivity index (χ0) is 13.3. The number of carbonyl (C=O) groups is 1. The Balaban J connectivity index is 2.58. The highest BCUT2D eigenvalue weighted by Gasteiger charge is 2.13. The molecule has 0 amide bonds. The van der Waals surface area contributed by atoms with Crippen molar-refractivity contribution in [2.24, 2.45) is 0 Å². The van der Waals surface area contributed by atoms with Crippen LogP contribution in [0.4, 0.5) is 4.39 Å². The van der Waals surface area contributed by atoms with E-state index in [1.54, 1.807) is 13.0 Å². The molecule has 0 fully saturated rings. The normalized spacial score (nSPS) is 10.4. The third kappa shape index (κ3) is 2.31. The van der Waals surface area contributed by atoms with Gasteiger partial charge in [-0.2, -0.15) is 0 Å². The van der Waals surface area contributed by atoms with E-state index in [2.05, 4.69) is 9.97 Å². The lowest BCUT2D eigenvalue weighted by Crippen LogP contribution is -2.05. The fourth-order valence-electron chi connectivity index (χ4n) is 1.46. The van der Waals surface area contributed by atoms with Gasteiger partial charge in [0, 0.05) is 5.56 Å². The predicted octanol–water partition coefficient (Wildman–Crippen LogP) is 2.94. The van der Waals surface area contributed by atoms with Crippen LogP contribution in [0.1, 0.15) is 16.2 Å². The maximum absolute atomic E-state index is 13.2. The maximum atomic E-state index is 13.2. The molecule has 0 spiro atoms. The molecule has 2 aromatic rings. The summed E-state index contributed by atoms with van der Waals surface area (Å²) in [6.07, 6.45) is 1.21. The number of aryl methyl sites for hydroxylation is 1. The maximum Gasteiger partial charge on any atom is 0.373 e. The Morgan fingerprint density at radius 1 is 1.44 bits per heavy atom. The fraction of sp³-hybridized carbons (Fsp3) is 0.0833. The Bertz CT molecular complexity index is 631. The van der Waals surface area contributed by atoms with Crippen molar-refractivity contribution in [1.82, 2.24) is 9.97 Å². The van der Waals surface area contributed by atoms with Gasteiger partial charge in [0.25, 0.3) is 0 Å². The first-order valence-electron chi connectivity index (χ1n) is 5.01. The van der Waals surface area contributed by atoms with Crippen LogP contribution in [-0.4, -0.2) is 21.0 Å². The van der Waals surface area contributed by atoms with E-state index in [9.17, 15) is 9.18 Å². The largest absolute Gasteiger partial charge is 0.475 e.